The Bertz CT molecular complexity index is 860. The van der Waals surface area contributed by atoms with E-state index < -0.39 is 5.60 Å². The molecule has 0 aliphatic rings. The van der Waals surface area contributed by atoms with E-state index in [9.17, 15) is 4.79 Å². The molecule has 3 aromatic carbocycles. The van der Waals surface area contributed by atoms with E-state index in [1.54, 1.807) is 0 Å². The Morgan fingerprint density at radius 2 is 1.17 bits per heavy atom. The van der Waals surface area contributed by atoms with Gasteiger partial charge in [-0.1, -0.05) is 112 Å². The number of ether oxygens (including phenoxy) is 1. The minimum absolute atomic E-state index is 0.126. The van der Waals surface area contributed by atoms with Crippen molar-refractivity contribution in [2.24, 2.45) is 11.8 Å². The van der Waals surface area contributed by atoms with Crippen LogP contribution in [0, 0.1) is 11.8 Å². The smallest absolute Gasteiger partial charge is 0.309 e. The second kappa shape index (κ2) is 10.2. The third-order valence-electron chi connectivity index (χ3n) is 5.49. The highest BCUT2D eigenvalue weighted by atomic mass is 16.6. The van der Waals surface area contributed by atoms with Gasteiger partial charge in [0.15, 0.2) is 0 Å². The standard InChI is InChI=1S/C28H32O2/c1-22(2)19-23(3)27(29)30-28(26-17-11-6-12-18-26,20-24-13-7-4-8-14-24)21-25-15-9-5-10-16-25/h4-18,22-23H,19-21H2,1-3H3. The van der Waals surface area contributed by atoms with Crippen LogP contribution in [0.5, 0.6) is 0 Å². The van der Waals surface area contributed by atoms with Gasteiger partial charge in [-0.15, -0.1) is 0 Å². The molecule has 0 aliphatic heterocycles. The molecule has 2 nitrogen and oxygen atoms in total. The van der Waals surface area contributed by atoms with Crippen molar-refractivity contribution in [1.82, 2.24) is 0 Å². The minimum Gasteiger partial charge on any atom is -0.453 e. The van der Waals surface area contributed by atoms with Crippen LogP contribution >= 0.6 is 0 Å². The predicted octanol–water partition coefficient (Wildman–Crippen LogP) is 6.59. The third kappa shape index (κ3) is 5.82. The first-order chi connectivity index (χ1) is 14.5. The second-order valence-electron chi connectivity index (χ2n) is 8.64. The number of hydrogen-bond donors (Lipinski definition) is 0. The van der Waals surface area contributed by atoms with Crippen LogP contribution in [-0.2, 0) is 28.0 Å². The molecule has 2 heteroatoms. The van der Waals surface area contributed by atoms with Gasteiger partial charge in [-0.3, -0.25) is 4.79 Å². The zero-order valence-corrected chi connectivity index (χ0v) is 18.3. The molecule has 0 spiro atoms. The van der Waals surface area contributed by atoms with Gasteiger partial charge in [0.1, 0.15) is 5.60 Å². The summed E-state index contributed by atoms with van der Waals surface area (Å²) in [6, 6.07) is 30.8. The minimum atomic E-state index is -0.758. The van der Waals surface area contributed by atoms with E-state index in [1.165, 1.54) is 0 Å². The lowest BCUT2D eigenvalue weighted by Crippen LogP contribution is -2.39. The van der Waals surface area contributed by atoms with Crippen molar-refractivity contribution in [2.75, 3.05) is 0 Å². The van der Waals surface area contributed by atoms with Crippen molar-refractivity contribution in [3.05, 3.63) is 108 Å². The summed E-state index contributed by atoms with van der Waals surface area (Å²) in [4.78, 5) is 13.2. The van der Waals surface area contributed by atoms with Crippen LogP contribution in [0.15, 0.2) is 91.0 Å². The van der Waals surface area contributed by atoms with Gasteiger partial charge in [-0.2, -0.15) is 0 Å². The van der Waals surface area contributed by atoms with Gasteiger partial charge in [0.2, 0.25) is 0 Å². The predicted molar refractivity (Wildman–Crippen MR) is 123 cm³/mol. The van der Waals surface area contributed by atoms with E-state index in [1.807, 2.05) is 61.5 Å². The zero-order chi connectivity index (χ0) is 21.4. The van der Waals surface area contributed by atoms with Crippen LogP contribution in [0.25, 0.3) is 0 Å². The first-order valence-electron chi connectivity index (χ1n) is 10.8. The molecule has 30 heavy (non-hydrogen) atoms. The molecular formula is C28H32O2. The Labute approximate surface area is 180 Å². The van der Waals surface area contributed by atoms with Crippen LogP contribution in [-0.4, -0.2) is 5.97 Å². The van der Waals surface area contributed by atoms with Crippen molar-refractivity contribution in [2.45, 2.75) is 45.6 Å². The van der Waals surface area contributed by atoms with Crippen molar-refractivity contribution in [3.63, 3.8) is 0 Å². The maximum atomic E-state index is 13.2. The van der Waals surface area contributed by atoms with Crippen LogP contribution in [0.3, 0.4) is 0 Å². The van der Waals surface area contributed by atoms with E-state index >= 15 is 0 Å². The normalized spacial score (nSPS) is 12.5. The summed E-state index contributed by atoms with van der Waals surface area (Å²) in [6.07, 6.45) is 2.08. The average molecular weight is 401 g/mol. The molecule has 0 heterocycles. The summed E-state index contributed by atoms with van der Waals surface area (Å²) >= 11 is 0. The van der Waals surface area contributed by atoms with E-state index in [0.29, 0.717) is 18.8 Å². The fraction of sp³-hybridized carbons (Fsp3) is 0.321. The molecule has 0 saturated heterocycles. The lowest BCUT2D eigenvalue weighted by atomic mass is 9.81. The van der Waals surface area contributed by atoms with Gasteiger partial charge in [0, 0.05) is 12.8 Å². The van der Waals surface area contributed by atoms with Crippen molar-refractivity contribution in [3.8, 4) is 0 Å². The molecule has 0 saturated carbocycles. The maximum absolute atomic E-state index is 13.2. The SMILES string of the molecule is CC(C)CC(C)C(=O)OC(Cc1ccccc1)(Cc1ccccc1)c1ccccc1. The summed E-state index contributed by atoms with van der Waals surface area (Å²) in [5.41, 5.74) is 2.58. The molecule has 0 N–H and O–H groups in total. The first kappa shape index (κ1) is 21.8. The highest BCUT2D eigenvalue weighted by Gasteiger charge is 2.38. The molecule has 156 valence electrons. The number of carbonyl (C=O) groups is 1. The van der Waals surface area contributed by atoms with Crippen molar-refractivity contribution >= 4 is 5.97 Å². The fourth-order valence-corrected chi connectivity index (χ4v) is 4.09. The van der Waals surface area contributed by atoms with Crippen molar-refractivity contribution < 1.29 is 9.53 Å². The van der Waals surface area contributed by atoms with Gasteiger partial charge in [-0.25, -0.2) is 0 Å². The van der Waals surface area contributed by atoms with Gasteiger partial charge in [0.25, 0.3) is 0 Å². The molecular weight excluding hydrogens is 368 g/mol. The number of rotatable bonds is 9. The van der Waals surface area contributed by atoms with Crippen LogP contribution < -0.4 is 0 Å². The number of hydrogen-bond acceptors (Lipinski definition) is 2. The Morgan fingerprint density at radius 3 is 1.60 bits per heavy atom. The summed E-state index contributed by atoms with van der Waals surface area (Å²) in [5.74, 6) is 0.181. The van der Waals surface area contributed by atoms with Gasteiger partial charge in [0.05, 0.1) is 5.92 Å². The summed E-state index contributed by atoms with van der Waals surface area (Å²) in [5, 5.41) is 0. The highest BCUT2D eigenvalue weighted by molar-refractivity contribution is 5.73. The largest absolute Gasteiger partial charge is 0.453 e. The number of esters is 1. The van der Waals surface area contributed by atoms with E-state index in [0.717, 1.165) is 23.1 Å². The van der Waals surface area contributed by atoms with Crippen LogP contribution in [0.4, 0.5) is 0 Å². The molecule has 1 unspecified atom stereocenters. The molecule has 0 bridgehead atoms. The lowest BCUT2D eigenvalue weighted by Gasteiger charge is -2.36. The monoisotopic (exact) mass is 400 g/mol. The topological polar surface area (TPSA) is 26.3 Å². The van der Waals surface area contributed by atoms with Gasteiger partial charge in [-0.05, 0) is 29.0 Å². The quantitative estimate of drug-likeness (QED) is 0.379. The lowest BCUT2D eigenvalue weighted by molar-refractivity contribution is -0.166. The van der Waals surface area contributed by atoms with Crippen LogP contribution in [0.2, 0.25) is 0 Å². The Morgan fingerprint density at radius 1 is 0.733 bits per heavy atom. The van der Waals surface area contributed by atoms with E-state index in [2.05, 4.69) is 50.2 Å². The van der Waals surface area contributed by atoms with Crippen molar-refractivity contribution in [1.29, 1.82) is 0 Å². The molecule has 3 rings (SSSR count). The Kier molecular flexibility index (Phi) is 7.46. The van der Waals surface area contributed by atoms with E-state index in [4.69, 9.17) is 4.74 Å². The Balaban J connectivity index is 2.04. The molecule has 0 aliphatic carbocycles. The number of carbonyl (C=O) groups excluding carboxylic acids is 1. The van der Waals surface area contributed by atoms with Crippen LogP contribution in [0.1, 0.15) is 43.9 Å². The molecule has 1 atom stereocenters. The van der Waals surface area contributed by atoms with Gasteiger partial charge >= 0.3 is 5.97 Å². The highest BCUT2D eigenvalue weighted by Crippen LogP contribution is 2.35. The summed E-state index contributed by atoms with van der Waals surface area (Å²) < 4.78 is 6.46. The number of benzene rings is 3. The molecule has 0 fully saturated rings. The fourth-order valence-electron chi connectivity index (χ4n) is 4.09. The third-order valence-corrected chi connectivity index (χ3v) is 5.49. The molecule has 0 aromatic heterocycles. The van der Waals surface area contributed by atoms with Gasteiger partial charge < -0.3 is 4.74 Å². The summed E-state index contributed by atoms with van der Waals surface area (Å²) in [6.45, 7) is 6.26. The second-order valence-corrected chi connectivity index (χ2v) is 8.64. The zero-order valence-electron chi connectivity index (χ0n) is 18.3. The maximum Gasteiger partial charge on any atom is 0.309 e. The average Bonchev–Trinajstić information content (AvgIpc) is 2.75. The summed E-state index contributed by atoms with van der Waals surface area (Å²) in [7, 11) is 0. The first-order valence-corrected chi connectivity index (χ1v) is 10.8. The van der Waals surface area contributed by atoms with E-state index in [-0.39, 0.29) is 11.9 Å². The molecule has 0 amide bonds. The molecule has 3 aromatic rings. The Hall–Kier alpha value is -2.87. The molecule has 0 radical (unpaired) electrons.